The van der Waals surface area contributed by atoms with Crippen LogP contribution in [0, 0.1) is 11.8 Å². The molecule has 1 aliphatic heterocycles. The van der Waals surface area contributed by atoms with E-state index in [2.05, 4.69) is 15.0 Å². The molecule has 1 aromatic rings. The van der Waals surface area contributed by atoms with E-state index in [1.807, 2.05) is 0 Å². The molecular weight excluding hydrogens is 346 g/mol. The predicted octanol–water partition coefficient (Wildman–Crippen LogP) is 1.43. The van der Waals surface area contributed by atoms with E-state index in [4.69, 9.17) is 0 Å². The van der Waals surface area contributed by atoms with Crippen LogP contribution >= 0.6 is 11.3 Å². The van der Waals surface area contributed by atoms with E-state index >= 15 is 0 Å². The smallest absolute Gasteiger partial charge is 0.349 e. The van der Waals surface area contributed by atoms with Crippen LogP contribution in [0.2, 0.25) is 0 Å². The maximum absolute atomic E-state index is 12.3. The van der Waals surface area contributed by atoms with Crippen molar-refractivity contribution in [3.63, 3.8) is 0 Å². The molecule has 8 nitrogen and oxygen atoms in total. The molecular formula is C16H19N3O5S. The molecule has 2 fully saturated rings. The van der Waals surface area contributed by atoms with Gasteiger partial charge in [-0.3, -0.25) is 19.3 Å². The van der Waals surface area contributed by atoms with Crippen LogP contribution in [0.4, 0.5) is 5.13 Å². The normalized spacial score (nSPS) is 22.7. The number of fused-ring (bicyclic) bond motifs is 1. The Labute approximate surface area is 148 Å². The lowest BCUT2D eigenvalue weighted by Gasteiger charge is -2.19. The molecule has 0 bridgehead atoms. The van der Waals surface area contributed by atoms with E-state index in [9.17, 15) is 19.2 Å². The summed E-state index contributed by atoms with van der Waals surface area (Å²) in [5.41, 5.74) is 0. The standard InChI is InChI=1S/C16H19N3O5S/c1-24-15(23)11-8-17-16(25-11)18-12(20)6-7-19-13(21)9-4-2-3-5-10(9)14(19)22/h8-10H,2-7H2,1H3,(H,17,18,20)/t9-,10-/m0/s1. The molecule has 1 aliphatic carbocycles. The molecule has 2 aliphatic rings. The summed E-state index contributed by atoms with van der Waals surface area (Å²) in [6.45, 7) is 0.0751. The van der Waals surface area contributed by atoms with Crippen molar-refractivity contribution in [3.8, 4) is 0 Å². The van der Waals surface area contributed by atoms with Gasteiger partial charge in [-0.15, -0.1) is 0 Å². The van der Waals surface area contributed by atoms with Gasteiger partial charge in [0.1, 0.15) is 4.88 Å². The number of hydrogen-bond donors (Lipinski definition) is 1. The topological polar surface area (TPSA) is 106 Å². The summed E-state index contributed by atoms with van der Waals surface area (Å²) in [7, 11) is 1.27. The summed E-state index contributed by atoms with van der Waals surface area (Å²) in [5.74, 6) is -1.58. The molecule has 1 aromatic heterocycles. The van der Waals surface area contributed by atoms with Gasteiger partial charge in [-0.25, -0.2) is 9.78 Å². The highest BCUT2D eigenvalue weighted by atomic mass is 32.1. The highest BCUT2D eigenvalue weighted by molar-refractivity contribution is 7.17. The number of anilines is 1. The summed E-state index contributed by atoms with van der Waals surface area (Å²) in [6.07, 6.45) is 4.79. The van der Waals surface area contributed by atoms with Crippen LogP contribution in [0.5, 0.6) is 0 Å². The van der Waals surface area contributed by atoms with Crippen molar-refractivity contribution in [2.75, 3.05) is 19.0 Å². The summed E-state index contributed by atoms with van der Waals surface area (Å²) in [5, 5.41) is 2.85. The minimum Gasteiger partial charge on any atom is -0.465 e. The molecule has 134 valence electrons. The minimum atomic E-state index is -0.520. The van der Waals surface area contributed by atoms with E-state index in [0.29, 0.717) is 0 Å². The number of methoxy groups -OCH3 is 1. The van der Waals surface area contributed by atoms with E-state index in [1.165, 1.54) is 18.2 Å². The number of rotatable bonds is 5. The van der Waals surface area contributed by atoms with Crippen LogP contribution in [0.15, 0.2) is 6.20 Å². The average Bonchev–Trinajstić information content (AvgIpc) is 3.17. The van der Waals surface area contributed by atoms with Gasteiger partial charge in [0.05, 0.1) is 25.1 Å². The largest absolute Gasteiger partial charge is 0.465 e. The van der Waals surface area contributed by atoms with Crippen molar-refractivity contribution in [2.45, 2.75) is 32.1 Å². The Balaban J connectivity index is 1.54. The summed E-state index contributed by atoms with van der Waals surface area (Å²) < 4.78 is 4.58. The molecule has 0 spiro atoms. The highest BCUT2D eigenvalue weighted by Gasteiger charge is 2.47. The fraction of sp³-hybridized carbons (Fsp3) is 0.562. The lowest BCUT2D eigenvalue weighted by atomic mass is 9.81. The first-order chi connectivity index (χ1) is 12.0. The van der Waals surface area contributed by atoms with Gasteiger partial charge in [-0.2, -0.15) is 0 Å². The quantitative estimate of drug-likeness (QED) is 0.625. The summed E-state index contributed by atoms with van der Waals surface area (Å²) in [6, 6.07) is 0. The number of thiazole rings is 1. The second kappa shape index (κ2) is 7.30. The Kier molecular flexibility index (Phi) is 5.12. The number of ether oxygens (including phenoxy) is 1. The van der Waals surface area contributed by atoms with Crippen LogP contribution < -0.4 is 5.32 Å². The van der Waals surface area contributed by atoms with Crippen LogP contribution in [-0.4, -0.2) is 47.2 Å². The van der Waals surface area contributed by atoms with Crippen molar-refractivity contribution in [3.05, 3.63) is 11.1 Å². The Morgan fingerprint density at radius 3 is 2.52 bits per heavy atom. The fourth-order valence-corrected chi connectivity index (χ4v) is 4.12. The van der Waals surface area contributed by atoms with Crippen LogP contribution in [-0.2, 0) is 19.1 Å². The van der Waals surface area contributed by atoms with Gasteiger partial charge in [-0.05, 0) is 12.8 Å². The number of carbonyl (C=O) groups excluding carboxylic acids is 4. The first-order valence-corrected chi connectivity index (χ1v) is 9.02. The van der Waals surface area contributed by atoms with Crippen molar-refractivity contribution >= 4 is 40.2 Å². The third kappa shape index (κ3) is 3.55. The number of nitrogens with one attached hydrogen (secondary N) is 1. The van der Waals surface area contributed by atoms with E-state index in [1.54, 1.807) is 0 Å². The molecule has 1 saturated heterocycles. The average molecular weight is 365 g/mol. The van der Waals surface area contributed by atoms with E-state index < -0.39 is 5.97 Å². The number of hydrogen-bond acceptors (Lipinski definition) is 7. The molecule has 0 radical (unpaired) electrons. The van der Waals surface area contributed by atoms with Gasteiger partial charge in [0.15, 0.2) is 5.13 Å². The molecule has 1 saturated carbocycles. The molecule has 1 N–H and O–H groups in total. The third-order valence-corrected chi connectivity index (χ3v) is 5.53. The molecule has 3 amide bonds. The Morgan fingerprint density at radius 1 is 1.28 bits per heavy atom. The zero-order chi connectivity index (χ0) is 18.0. The first kappa shape index (κ1) is 17.5. The third-order valence-electron chi connectivity index (χ3n) is 4.63. The van der Waals surface area contributed by atoms with Crippen LogP contribution in [0.25, 0.3) is 0 Å². The first-order valence-electron chi connectivity index (χ1n) is 8.20. The predicted molar refractivity (Wildman–Crippen MR) is 88.9 cm³/mol. The van der Waals surface area contributed by atoms with Crippen molar-refractivity contribution < 1.29 is 23.9 Å². The van der Waals surface area contributed by atoms with Crippen molar-refractivity contribution in [1.82, 2.24) is 9.88 Å². The number of likely N-dealkylation sites (tertiary alicyclic amines) is 1. The van der Waals surface area contributed by atoms with Gasteiger partial charge in [-0.1, -0.05) is 24.2 Å². The lowest BCUT2D eigenvalue weighted by molar-refractivity contribution is -0.140. The van der Waals surface area contributed by atoms with Crippen LogP contribution in [0.1, 0.15) is 41.8 Å². The number of esters is 1. The fourth-order valence-electron chi connectivity index (χ4n) is 3.37. The van der Waals surface area contributed by atoms with Crippen molar-refractivity contribution in [2.24, 2.45) is 11.8 Å². The molecule has 9 heteroatoms. The van der Waals surface area contributed by atoms with Crippen LogP contribution in [0.3, 0.4) is 0 Å². The maximum Gasteiger partial charge on any atom is 0.349 e. The zero-order valence-corrected chi connectivity index (χ0v) is 14.6. The van der Waals surface area contributed by atoms with Crippen molar-refractivity contribution in [1.29, 1.82) is 0 Å². The Morgan fingerprint density at radius 2 is 1.92 bits per heavy atom. The van der Waals surface area contributed by atoms with E-state index in [0.717, 1.165) is 37.0 Å². The second-order valence-electron chi connectivity index (χ2n) is 6.14. The molecule has 2 heterocycles. The molecule has 25 heavy (non-hydrogen) atoms. The number of nitrogens with zero attached hydrogens (tertiary/aromatic N) is 2. The zero-order valence-electron chi connectivity index (χ0n) is 13.8. The second-order valence-corrected chi connectivity index (χ2v) is 7.18. The highest BCUT2D eigenvalue weighted by Crippen LogP contribution is 2.37. The molecule has 3 rings (SSSR count). The monoisotopic (exact) mass is 365 g/mol. The summed E-state index contributed by atoms with van der Waals surface area (Å²) in [4.78, 5) is 53.5. The van der Waals surface area contributed by atoms with Gasteiger partial charge in [0.25, 0.3) is 0 Å². The molecule has 0 unspecified atom stereocenters. The van der Waals surface area contributed by atoms with Gasteiger partial charge < -0.3 is 10.1 Å². The van der Waals surface area contributed by atoms with Gasteiger partial charge >= 0.3 is 5.97 Å². The minimum absolute atomic E-state index is 0.00403. The maximum atomic E-state index is 12.3. The number of imide groups is 1. The number of amides is 3. The molecule has 0 aromatic carbocycles. The van der Waals surface area contributed by atoms with Gasteiger partial charge in [0, 0.05) is 13.0 Å². The summed E-state index contributed by atoms with van der Waals surface area (Å²) >= 11 is 1.00. The van der Waals surface area contributed by atoms with E-state index in [-0.39, 0.29) is 52.5 Å². The molecule has 2 atom stereocenters. The van der Waals surface area contributed by atoms with Gasteiger partial charge in [0.2, 0.25) is 17.7 Å². The number of carbonyl (C=O) groups is 4. The number of aromatic nitrogens is 1. The lowest BCUT2D eigenvalue weighted by Crippen LogP contribution is -2.34. The Bertz CT molecular complexity index is 692. The SMILES string of the molecule is COC(=O)c1cnc(NC(=O)CCN2C(=O)[C@H]3CCCC[C@@H]3C2=O)s1. The Hall–Kier alpha value is -2.29.